The van der Waals surface area contributed by atoms with Gasteiger partial charge in [0, 0.05) is 18.4 Å². The maximum absolute atomic E-state index is 4.77. The van der Waals surface area contributed by atoms with E-state index in [1.807, 2.05) is 12.4 Å². The van der Waals surface area contributed by atoms with E-state index in [-0.39, 0.29) is 0 Å². The lowest BCUT2D eigenvalue weighted by molar-refractivity contribution is 0.774. The van der Waals surface area contributed by atoms with E-state index in [9.17, 15) is 0 Å². The number of hydrogen-bond acceptors (Lipinski definition) is 3. The fraction of sp³-hybridized carbons (Fsp3) is 0.267. The molecule has 94 valence electrons. The van der Waals surface area contributed by atoms with E-state index in [4.69, 9.17) is 4.98 Å². The van der Waals surface area contributed by atoms with Crippen molar-refractivity contribution in [2.75, 3.05) is 0 Å². The Balaban J connectivity index is 2.02. The van der Waals surface area contributed by atoms with Crippen LogP contribution < -0.4 is 0 Å². The summed E-state index contributed by atoms with van der Waals surface area (Å²) in [6.07, 6.45) is 7.69. The summed E-state index contributed by atoms with van der Waals surface area (Å²) < 4.78 is 2.35. The van der Waals surface area contributed by atoms with Crippen molar-refractivity contribution >= 4 is 11.0 Å². The summed E-state index contributed by atoms with van der Waals surface area (Å²) in [6.45, 7) is 2.12. The average Bonchev–Trinajstić information content (AvgIpc) is 3.21. The molecule has 0 radical (unpaired) electrons. The van der Waals surface area contributed by atoms with Gasteiger partial charge < -0.3 is 4.57 Å². The molecule has 3 aromatic rings. The van der Waals surface area contributed by atoms with Gasteiger partial charge in [-0.3, -0.25) is 0 Å². The maximum atomic E-state index is 4.77. The normalized spacial score (nSPS) is 15.0. The van der Waals surface area contributed by atoms with Gasteiger partial charge >= 0.3 is 0 Å². The van der Waals surface area contributed by atoms with Crippen molar-refractivity contribution in [3.8, 4) is 11.4 Å². The molecule has 1 aromatic carbocycles. The van der Waals surface area contributed by atoms with E-state index in [0.717, 1.165) is 16.9 Å². The van der Waals surface area contributed by atoms with Crippen molar-refractivity contribution in [3.63, 3.8) is 0 Å². The molecule has 2 aromatic heterocycles. The quantitative estimate of drug-likeness (QED) is 0.701. The summed E-state index contributed by atoms with van der Waals surface area (Å²) in [5.74, 6) is 0.990. The Morgan fingerprint density at radius 1 is 1.16 bits per heavy atom. The Morgan fingerprint density at radius 3 is 2.68 bits per heavy atom. The molecular weight excluding hydrogens is 236 g/mol. The van der Waals surface area contributed by atoms with E-state index in [1.165, 1.54) is 23.9 Å². The first-order valence-corrected chi connectivity index (χ1v) is 6.57. The molecule has 0 atom stereocenters. The van der Waals surface area contributed by atoms with E-state index in [1.54, 1.807) is 6.33 Å². The summed E-state index contributed by atoms with van der Waals surface area (Å²) in [7, 11) is 0. The third kappa shape index (κ3) is 1.71. The fourth-order valence-corrected chi connectivity index (χ4v) is 2.52. The lowest BCUT2D eigenvalue weighted by Crippen LogP contribution is -1.98. The second-order valence-corrected chi connectivity index (χ2v) is 5.16. The molecule has 0 unspecified atom stereocenters. The van der Waals surface area contributed by atoms with Crippen molar-refractivity contribution in [2.45, 2.75) is 25.8 Å². The Kier molecular flexibility index (Phi) is 2.18. The predicted molar refractivity (Wildman–Crippen MR) is 73.8 cm³/mol. The molecule has 0 spiro atoms. The van der Waals surface area contributed by atoms with Crippen LogP contribution in [0.3, 0.4) is 0 Å². The summed E-state index contributed by atoms with van der Waals surface area (Å²) in [4.78, 5) is 13.0. The van der Waals surface area contributed by atoms with Gasteiger partial charge in [-0.2, -0.15) is 0 Å². The first kappa shape index (κ1) is 10.7. The molecule has 4 rings (SSSR count). The van der Waals surface area contributed by atoms with Gasteiger partial charge in [-0.15, -0.1) is 0 Å². The van der Waals surface area contributed by atoms with Gasteiger partial charge in [-0.25, -0.2) is 15.0 Å². The van der Waals surface area contributed by atoms with E-state index in [0.29, 0.717) is 6.04 Å². The molecule has 19 heavy (non-hydrogen) atoms. The van der Waals surface area contributed by atoms with E-state index >= 15 is 0 Å². The molecule has 0 bridgehead atoms. The molecule has 2 heterocycles. The second kappa shape index (κ2) is 3.88. The monoisotopic (exact) mass is 250 g/mol. The maximum Gasteiger partial charge on any atom is 0.144 e. The molecule has 1 aliphatic carbocycles. The lowest BCUT2D eigenvalue weighted by Gasteiger charge is -2.07. The third-order valence-electron chi connectivity index (χ3n) is 3.58. The molecule has 0 aliphatic heterocycles. The molecular formula is C15H14N4. The average molecular weight is 250 g/mol. The van der Waals surface area contributed by atoms with Crippen LogP contribution in [0.2, 0.25) is 0 Å². The Hall–Kier alpha value is -2.23. The fourth-order valence-electron chi connectivity index (χ4n) is 2.52. The van der Waals surface area contributed by atoms with Gasteiger partial charge in [0.25, 0.3) is 0 Å². The van der Waals surface area contributed by atoms with Gasteiger partial charge in [0.05, 0.1) is 16.6 Å². The zero-order valence-corrected chi connectivity index (χ0v) is 10.7. The third-order valence-corrected chi connectivity index (χ3v) is 3.58. The smallest absolute Gasteiger partial charge is 0.144 e. The summed E-state index contributed by atoms with van der Waals surface area (Å²) >= 11 is 0. The lowest BCUT2D eigenvalue weighted by atomic mass is 10.2. The van der Waals surface area contributed by atoms with Crippen molar-refractivity contribution in [2.24, 2.45) is 0 Å². The number of benzene rings is 1. The number of imidazole rings is 1. The largest absolute Gasteiger partial charge is 0.321 e. The van der Waals surface area contributed by atoms with Crippen LogP contribution in [-0.2, 0) is 0 Å². The van der Waals surface area contributed by atoms with Crippen LogP contribution in [-0.4, -0.2) is 19.5 Å². The highest BCUT2D eigenvalue weighted by molar-refractivity contribution is 5.81. The number of fused-ring (bicyclic) bond motifs is 1. The van der Waals surface area contributed by atoms with Crippen LogP contribution in [0.1, 0.15) is 24.4 Å². The number of rotatable bonds is 2. The first-order valence-electron chi connectivity index (χ1n) is 6.57. The van der Waals surface area contributed by atoms with Crippen LogP contribution in [0.15, 0.2) is 36.9 Å². The zero-order chi connectivity index (χ0) is 12.8. The van der Waals surface area contributed by atoms with Crippen molar-refractivity contribution < 1.29 is 0 Å². The van der Waals surface area contributed by atoms with E-state index in [2.05, 4.69) is 39.7 Å². The molecule has 0 amide bonds. The highest BCUT2D eigenvalue weighted by atomic mass is 15.1. The highest BCUT2D eigenvalue weighted by Gasteiger charge is 2.28. The second-order valence-electron chi connectivity index (χ2n) is 5.16. The van der Waals surface area contributed by atoms with Crippen LogP contribution in [0.4, 0.5) is 0 Å². The van der Waals surface area contributed by atoms with Crippen LogP contribution in [0.25, 0.3) is 22.4 Å². The SMILES string of the molecule is Cc1ccc2nc(-c3cncnc3)n(C3CC3)c2c1. The van der Waals surface area contributed by atoms with Gasteiger partial charge in [0.1, 0.15) is 12.2 Å². The van der Waals surface area contributed by atoms with Gasteiger partial charge in [0.2, 0.25) is 0 Å². The molecule has 1 saturated carbocycles. The molecule has 1 fully saturated rings. The minimum Gasteiger partial charge on any atom is -0.321 e. The standard InChI is InChI=1S/C15H14N4/c1-10-2-5-13-14(6-10)19(12-3-4-12)15(18-13)11-7-16-9-17-8-11/h2,5-9,12H,3-4H2,1H3. The summed E-state index contributed by atoms with van der Waals surface area (Å²) in [5, 5.41) is 0. The molecule has 4 nitrogen and oxygen atoms in total. The molecule has 1 aliphatic rings. The first-order chi connectivity index (χ1) is 9.33. The molecule has 4 heteroatoms. The molecule has 0 saturated heterocycles. The number of nitrogens with zero attached hydrogens (tertiary/aromatic N) is 4. The van der Waals surface area contributed by atoms with Gasteiger partial charge in [-0.05, 0) is 37.5 Å². The highest BCUT2D eigenvalue weighted by Crippen LogP contribution is 2.41. The van der Waals surface area contributed by atoms with Gasteiger partial charge in [0.15, 0.2) is 0 Å². The topological polar surface area (TPSA) is 43.6 Å². The van der Waals surface area contributed by atoms with Gasteiger partial charge in [-0.1, -0.05) is 6.07 Å². The predicted octanol–water partition coefficient (Wildman–Crippen LogP) is 3.14. The van der Waals surface area contributed by atoms with Crippen LogP contribution >= 0.6 is 0 Å². The Labute approximate surface area is 111 Å². The minimum absolute atomic E-state index is 0.585. The van der Waals surface area contributed by atoms with Crippen LogP contribution in [0.5, 0.6) is 0 Å². The number of aromatic nitrogens is 4. The van der Waals surface area contributed by atoms with Crippen molar-refractivity contribution in [1.82, 2.24) is 19.5 Å². The van der Waals surface area contributed by atoms with Crippen molar-refractivity contribution in [3.05, 3.63) is 42.5 Å². The van der Waals surface area contributed by atoms with Crippen molar-refractivity contribution in [1.29, 1.82) is 0 Å². The summed E-state index contributed by atoms with van der Waals surface area (Å²) in [6, 6.07) is 7.00. The Morgan fingerprint density at radius 2 is 1.95 bits per heavy atom. The number of hydrogen-bond donors (Lipinski definition) is 0. The number of aryl methyl sites for hydroxylation is 1. The molecule has 0 N–H and O–H groups in total. The summed E-state index contributed by atoms with van der Waals surface area (Å²) in [5.41, 5.74) is 4.53. The zero-order valence-electron chi connectivity index (χ0n) is 10.7. The van der Waals surface area contributed by atoms with E-state index < -0.39 is 0 Å². The van der Waals surface area contributed by atoms with Crippen LogP contribution in [0, 0.1) is 6.92 Å². The minimum atomic E-state index is 0.585. The Bertz CT molecular complexity index is 741.